The van der Waals surface area contributed by atoms with Crippen LogP contribution >= 0.6 is 0 Å². The number of ether oxygens (including phenoxy) is 1. The maximum atomic E-state index is 6.05. The van der Waals surface area contributed by atoms with Crippen molar-refractivity contribution in [3.63, 3.8) is 0 Å². The molecule has 2 nitrogen and oxygen atoms in total. The summed E-state index contributed by atoms with van der Waals surface area (Å²) in [5.41, 5.74) is 2.79. The summed E-state index contributed by atoms with van der Waals surface area (Å²) in [6, 6.07) is 7.15. The van der Waals surface area contributed by atoms with E-state index in [0.717, 1.165) is 26.0 Å². The van der Waals surface area contributed by atoms with Gasteiger partial charge in [0.2, 0.25) is 0 Å². The van der Waals surface area contributed by atoms with E-state index in [1.807, 2.05) is 0 Å². The first-order chi connectivity index (χ1) is 10.3. The first-order valence-corrected chi connectivity index (χ1v) is 8.79. The highest BCUT2D eigenvalue weighted by Crippen LogP contribution is 2.38. The van der Waals surface area contributed by atoms with Gasteiger partial charge in [-0.05, 0) is 43.7 Å². The maximum absolute atomic E-state index is 6.05. The lowest BCUT2D eigenvalue weighted by Crippen LogP contribution is -2.29. The van der Waals surface area contributed by atoms with Crippen molar-refractivity contribution in [3.8, 4) is 5.75 Å². The molecule has 2 heteroatoms. The van der Waals surface area contributed by atoms with Crippen LogP contribution in [0.5, 0.6) is 5.75 Å². The predicted molar refractivity (Wildman–Crippen MR) is 90.0 cm³/mol. The monoisotopic (exact) mass is 289 g/mol. The molecule has 0 amide bonds. The molecule has 1 aliphatic heterocycles. The van der Waals surface area contributed by atoms with Gasteiger partial charge in [-0.15, -0.1) is 0 Å². The highest BCUT2D eigenvalue weighted by atomic mass is 16.5. The minimum atomic E-state index is 0.433. The van der Waals surface area contributed by atoms with Crippen LogP contribution in [0.3, 0.4) is 0 Å². The Labute approximate surface area is 130 Å². The van der Waals surface area contributed by atoms with Crippen molar-refractivity contribution >= 4 is 0 Å². The van der Waals surface area contributed by atoms with E-state index in [1.165, 1.54) is 42.6 Å². The molecule has 0 bridgehead atoms. The van der Waals surface area contributed by atoms with Gasteiger partial charge in [-0.3, -0.25) is 0 Å². The van der Waals surface area contributed by atoms with Crippen LogP contribution in [0.2, 0.25) is 0 Å². The van der Waals surface area contributed by atoms with Gasteiger partial charge < -0.3 is 10.1 Å². The fourth-order valence-electron chi connectivity index (χ4n) is 3.63. The number of benzene rings is 1. The number of aryl methyl sites for hydroxylation is 1. The van der Waals surface area contributed by atoms with E-state index < -0.39 is 0 Å². The Morgan fingerprint density at radius 1 is 1.14 bits per heavy atom. The van der Waals surface area contributed by atoms with Gasteiger partial charge in [-0.2, -0.15) is 0 Å². The zero-order chi connectivity index (χ0) is 15.1. The minimum Gasteiger partial charge on any atom is -0.493 e. The minimum absolute atomic E-state index is 0.433. The molecule has 1 atom stereocenters. The number of fused-ring (bicyclic) bond motifs is 1. The molecule has 1 aliphatic rings. The second kappa shape index (κ2) is 8.43. The number of para-hydroxylation sites is 1. The van der Waals surface area contributed by atoms with Crippen LogP contribution < -0.4 is 10.1 Å². The molecular formula is C19H31NO. The molecule has 0 aliphatic carbocycles. The molecule has 0 aromatic heterocycles. The van der Waals surface area contributed by atoms with E-state index in [9.17, 15) is 0 Å². The van der Waals surface area contributed by atoms with Gasteiger partial charge in [0.05, 0.1) is 6.61 Å². The van der Waals surface area contributed by atoms with E-state index in [-0.39, 0.29) is 0 Å². The molecule has 1 unspecified atom stereocenters. The smallest absolute Gasteiger partial charge is 0.127 e. The second-order valence-electron chi connectivity index (χ2n) is 6.16. The first kappa shape index (κ1) is 16.4. The third kappa shape index (κ3) is 4.00. The third-order valence-electron chi connectivity index (χ3n) is 4.51. The zero-order valence-corrected chi connectivity index (χ0v) is 14.0. The molecule has 2 rings (SSSR count). The molecule has 1 aromatic carbocycles. The van der Waals surface area contributed by atoms with Crippen LogP contribution in [-0.2, 0) is 6.42 Å². The standard InChI is InChI=1S/C19H31NO/c1-4-9-15(10-5-2)18(20-6-3)17-13-7-11-16-12-8-14-21-19(16)17/h7,11,13,15,18,20H,4-6,8-10,12,14H2,1-3H3. The van der Waals surface area contributed by atoms with Crippen molar-refractivity contribution in [1.29, 1.82) is 0 Å². The van der Waals surface area contributed by atoms with Gasteiger partial charge in [0.25, 0.3) is 0 Å². The van der Waals surface area contributed by atoms with Crippen LogP contribution in [-0.4, -0.2) is 13.2 Å². The van der Waals surface area contributed by atoms with E-state index >= 15 is 0 Å². The zero-order valence-electron chi connectivity index (χ0n) is 14.0. The quantitative estimate of drug-likeness (QED) is 0.736. The number of nitrogens with one attached hydrogen (secondary N) is 1. The summed E-state index contributed by atoms with van der Waals surface area (Å²) in [6.45, 7) is 8.68. The molecule has 0 radical (unpaired) electrons. The van der Waals surface area contributed by atoms with Gasteiger partial charge >= 0.3 is 0 Å². The molecule has 1 heterocycles. The Bertz CT molecular complexity index is 424. The Morgan fingerprint density at radius 2 is 1.90 bits per heavy atom. The van der Waals surface area contributed by atoms with E-state index in [1.54, 1.807) is 0 Å². The average Bonchev–Trinajstić information content (AvgIpc) is 2.52. The number of hydrogen-bond donors (Lipinski definition) is 1. The van der Waals surface area contributed by atoms with Crippen LogP contribution in [0.1, 0.15) is 70.0 Å². The highest BCUT2D eigenvalue weighted by Gasteiger charge is 2.26. The van der Waals surface area contributed by atoms with Gasteiger partial charge in [-0.1, -0.05) is 51.8 Å². The summed E-state index contributed by atoms with van der Waals surface area (Å²) in [4.78, 5) is 0. The van der Waals surface area contributed by atoms with E-state index in [4.69, 9.17) is 4.74 Å². The van der Waals surface area contributed by atoms with Crippen molar-refractivity contribution in [2.24, 2.45) is 5.92 Å². The van der Waals surface area contributed by atoms with Gasteiger partial charge in [0.1, 0.15) is 5.75 Å². The lowest BCUT2D eigenvalue weighted by molar-refractivity contribution is 0.266. The topological polar surface area (TPSA) is 21.3 Å². The SMILES string of the molecule is CCCC(CCC)C(NCC)c1cccc2c1OCCC2. The molecule has 118 valence electrons. The summed E-state index contributed by atoms with van der Waals surface area (Å²) in [5, 5.41) is 3.74. The van der Waals surface area contributed by atoms with Gasteiger partial charge in [0, 0.05) is 11.6 Å². The van der Waals surface area contributed by atoms with Crippen LogP contribution in [0.15, 0.2) is 18.2 Å². The van der Waals surface area contributed by atoms with E-state index in [0.29, 0.717) is 12.0 Å². The lowest BCUT2D eigenvalue weighted by Gasteiger charge is -2.31. The molecule has 0 saturated carbocycles. The average molecular weight is 289 g/mol. The summed E-state index contributed by atoms with van der Waals surface area (Å²) in [7, 11) is 0. The van der Waals surface area contributed by atoms with Crippen molar-refractivity contribution in [2.45, 2.75) is 65.3 Å². The fraction of sp³-hybridized carbons (Fsp3) is 0.684. The van der Waals surface area contributed by atoms with Crippen LogP contribution in [0, 0.1) is 5.92 Å². The van der Waals surface area contributed by atoms with E-state index in [2.05, 4.69) is 44.3 Å². The Morgan fingerprint density at radius 3 is 2.57 bits per heavy atom. The lowest BCUT2D eigenvalue weighted by atomic mass is 9.84. The third-order valence-corrected chi connectivity index (χ3v) is 4.51. The summed E-state index contributed by atoms with van der Waals surface area (Å²) in [5.74, 6) is 1.88. The summed E-state index contributed by atoms with van der Waals surface area (Å²) >= 11 is 0. The summed E-state index contributed by atoms with van der Waals surface area (Å²) in [6.07, 6.45) is 7.39. The largest absolute Gasteiger partial charge is 0.493 e. The Hall–Kier alpha value is -1.02. The maximum Gasteiger partial charge on any atom is 0.127 e. The molecule has 0 spiro atoms. The summed E-state index contributed by atoms with van der Waals surface area (Å²) < 4.78 is 6.05. The molecule has 1 N–H and O–H groups in total. The fourth-order valence-corrected chi connectivity index (χ4v) is 3.63. The van der Waals surface area contributed by atoms with Gasteiger partial charge in [0.15, 0.2) is 0 Å². The Kier molecular flexibility index (Phi) is 6.56. The highest BCUT2D eigenvalue weighted by molar-refractivity contribution is 5.44. The molecular weight excluding hydrogens is 258 g/mol. The number of rotatable bonds is 8. The molecule has 21 heavy (non-hydrogen) atoms. The van der Waals surface area contributed by atoms with Crippen molar-refractivity contribution in [3.05, 3.63) is 29.3 Å². The van der Waals surface area contributed by atoms with Crippen LogP contribution in [0.25, 0.3) is 0 Å². The molecule has 0 saturated heterocycles. The predicted octanol–water partition coefficient (Wildman–Crippen LogP) is 4.88. The van der Waals surface area contributed by atoms with Crippen LogP contribution in [0.4, 0.5) is 0 Å². The molecule has 0 fully saturated rings. The normalized spacial score (nSPS) is 15.6. The number of hydrogen-bond acceptors (Lipinski definition) is 2. The second-order valence-corrected chi connectivity index (χ2v) is 6.16. The van der Waals surface area contributed by atoms with Crippen molar-refractivity contribution in [2.75, 3.05) is 13.2 Å². The van der Waals surface area contributed by atoms with Gasteiger partial charge in [-0.25, -0.2) is 0 Å². The molecule has 1 aromatic rings. The van der Waals surface area contributed by atoms with Crippen molar-refractivity contribution < 1.29 is 4.74 Å². The van der Waals surface area contributed by atoms with Crippen molar-refractivity contribution in [1.82, 2.24) is 5.32 Å². The first-order valence-electron chi connectivity index (χ1n) is 8.79. The Balaban J connectivity index is 2.32.